The van der Waals surface area contributed by atoms with Gasteiger partial charge in [-0.25, -0.2) is 0 Å². The molecule has 0 aliphatic carbocycles. The van der Waals surface area contributed by atoms with Gasteiger partial charge in [0, 0.05) is 23.4 Å². The molecule has 2 aromatic carbocycles. The first-order valence-corrected chi connectivity index (χ1v) is 12.0. The van der Waals surface area contributed by atoms with Gasteiger partial charge in [-0.2, -0.15) is 0 Å². The van der Waals surface area contributed by atoms with E-state index in [-0.39, 0.29) is 11.9 Å². The zero-order valence-corrected chi connectivity index (χ0v) is 18.7. The average molecular weight is 428 g/mol. The summed E-state index contributed by atoms with van der Waals surface area (Å²) in [5.41, 5.74) is 2.41. The fraction of sp³-hybridized carbons (Fsp3) is 0.458. The van der Waals surface area contributed by atoms with Crippen molar-refractivity contribution in [3.05, 3.63) is 53.6 Å². The van der Waals surface area contributed by atoms with Crippen LogP contribution in [-0.4, -0.2) is 50.4 Å². The van der Waals surface area contributed by atoms with Crippen molar-refractivity contribution in [2.75, 3.05) is 39.6 Å². The van der Waals surface area contributed by atoms with Gasteiger partial charge in [0.25, 0.3) is 5.91 Å². The van der Waals surface area contributed by atoms with Crippen LogP contribution in [0, 0.1) is 0 Å². The van der Waals surface area contributed by atoms with Crippen molar-refractivity contribution >= 4 is 17.7 Å². The van der Waals surface area contributed by atoms with Crippen LogP contribution in [0.15, 0.2) is 47.4 Å². The minimum atomic E-state index is 0.128. The molecule has 4 rings (SSSR count). The number of quaternary nitrogens is 1. The Kier molecular flexibility index (Phi) is 6.85. The number of nitrogens with one attached hydrogen (secondary N) is 1. The maximum Gasteiger partial charge on any atom is 0.278 e. The highest BCUT2D eigenvalue weighted by molar-refractivity contribution is 7.98. The van der Waals surface area contributed by atoms with Crippen LogP contribution in [0.25, 0.3) is 0 Å². The molecule has 2 aliphatic heterocycles. The number of carbonyl (C=O) groups excluding carboxylic acids is 1. The van der Waals surface area contributed by atoms with E-state index in [1.54, 1.807) is 11.8 Å². The summed E-state index contributed by atoms with van der Waals surface area (Å²) in [5.74, 6) is 1.84. The van der Waals surface area contributed by atoms with Crippen molar-refractivity contribution in [2.24, 2.45) is 0 Å². The Morgan fingerprint density at radius 2 is 1.87 bits per heavy atom. The van der Waals surface area contributed by atoms with Crippen LogP contribution in [-0.2, 0) is 11.3 Å². The summed E-state index contributed by atoms with van der Waals surface area (Å²) in [6.07, 6.45) is 5.02. The average Bonchev–Trinajstić information content (AvgIpc) is 3.13. The molecule has 160 valence electrons. The maximum atomic E-state index is 13.1. The molecule has 1 unspecified atom stereocenters. The van der Waals surface area contributed by atoms with Gasteiger partial charge in [-0.05, 0) is 48.9 Å². The summed E-state index contributed by atoms with van der Waals surface area (Å²) >= 11 is 1.75. The van der Waals surface area contributed by atoms with E-state index in [0.717, 1.165) is 49.4 Å². The summed E-state index contributed by atoms with van der Waals surface area (Å²) in [5, 5.41) is 0. The van der Waals surface area contributed by atoms with E-state index >= 15 is 0 Å². The largest absolute Gasteiger partial charge is 0.490 e. The van der Waals surface area contributed by atoms with Crippen molar-refractivity contribution < 1.29 is 19.2 Å². The van der Waals surface area contributed by atoms with Crippen LogP contribution in [0.4, 0.5) is 0 Å². The molecule has 1 amide bonds. The Hall–Kier alpha value is -2.18. The van der Waals surface area contributed by atoms with Crippen molar-refractivity contribution in [3.63, 3.8) is 0 Å². The van der Waals surface area contributed by atoms with Crippen molar-refractivity contribution in [3.8, 4) is 11.5 Å². The van der Waals surface area contributed by atoms with E-state index in [1.807, 2.05) is 6.07 Å². The lowest BCUT2D eigenvalue weighted by atomic mass is 10.0. The number of rotatable bonds is 6. The first-order chi connectivity index (χ1) is 14.6. The molecule has 2 atom stereocenters. The predicted molar refractivity (Wildman–Crippen MR) is 119 cm³/mol. The number of fused-ring (bicyclic) bond motifs is 1. The summed E-state index contributed by atoms with van der Waals surface area (Å²) in [6, 6.07) is 14.9. The van der Waals surface area contributed by atoms with Gasteiger partial charge >= 0.3 is 0 Å². The fourth-order valence-electron chi connectivity index (χ4n) is 4.31. The van der Waals surface area contributed by atoms with Gasteiger partial charge in [0.05, 0.1) is 26.3 Å². The van der Waals surface area contributed by atoms with Gasteiger partial charge in [-0.1, -0.05) is 18.2 Å². The topological polar surface area (TPSA) is 43.2 Å². The standard InChI is InChI=1S/C24H30N2O3S/c1-25(16-18-6-9-20(30-2)10-7-18)17-24(27)26-12-3-5-21(26)19-8-11-22-23(15-19)29-14-4-13-28-22/h6-11,15,21H,3-5,12-14,16-17H2,1-2H3/p+1/t21-/m0/s1. The number of hydrogen-bond acceptors (Lipinski definition) is 4. The molecule has 2 aromatic rings. The number of nitrogens with zero attached hydrogens (tertiary/aromatic N) is 1. The number of benzene rings is 2. The minimum absolute atomic E-state index is 0.128. The van der Waals surface area contributed by atoms with E-state index in [9.17, 15) is 4.79 Å². The lowest BCUT2D eigenvalue weighted by Crippen LogP contribution is -3.08. The molecule has 6 heteroatoms. The quantitative estimate of drug-likeness (QED) is 0.720. The molecule has 1 saturated heterocycles. The molecule has 30 heavy (non-hydrogen) atoms. The van der Waals surface area contributed by atoms with Gasteiger partial charge in [0.2, 0.25) is 0 Å². The summed E-state index contributed by atoms with van der Waals surface area (Å²) < 4.78 is 11.6. The zero-order valence-electron chi connectivity index (χ0n) is 17.9. The fourth-order valence-corrected chi connectivity index (χ4v) is 4.72. The molecule has 1 N–H and O–H groups in total. The van der Waals surface area contributed by atoms with Crippen LogP contribution in [0.2, 0.25) is 0 Å². The molecular formula is C24H31N2O3S+. The molecule has 0 spiro atoms. The van der Waals surface area contributed by atoms with Crippen LogP contribution >= 0.6 is 11.8 Å². The minimum Gasteiger partial charge on any atom is -0.490 e. The van der Waals surface area contributed by atoms with Crippen LogP contribution in [0.5, 0.6) is 11.5 Å². The smallest absolute Gasteiger partial charge is 0.278 e. The van der Waals surface area contributed by atoms with E-state index in [1.165, 1.54) is 15.4 Å². The number of amides is 1. The second-order valence-electron chi connectivity index (χ2n) is 8.16. The van der Waals surface area contributed by atoms with Crippen molar-refractivity contribution in [1.82, 2.24) is 4.90 Å². The maximum absolute atomic E-state index is 13.1. The highest BCUT2D eigenvalue weighted by Gasteiger charge is 2.32. The SMILES string of the molecule is CSc1ccc(C[NH+](C)CC(=O)N2CCC[C@H]2c2ccc3c(c2)OCCCO3)cc1. The lowest BCUT2D eigenvalue weighted by Gasteiger charge is -2.26. The highest BCUT2D eigenvalue weighted by atomic mass is 32.2. The first-order valence-electron chi connectivity index (χ1n) is 10.8. The number of likely N-dealkylation sites (N-methyl/N-ethyl adjacent to an activating group) is 1. The molecule has 0 aromatic heterocycles. The molecule has 1 fully saturated rings. The normalized spacial score (nSPS) is 19.4. The van der Waals surface area contributed by atoms with E-state index < -0.39 is 0 Å². The number of hydrogen-bond donors (Lipinski definition) is 1. The first kappa shape index (κ1) is 21.1. The molecule has 5 nitrogen and oxygen atoms in total. The lowest BCUT2D eigenvalue weighted by molar-refractivity contribution is -0.885. The van der Waals surface area contributed by atoms with Crippen LogP contribution < -0.4 is 14.4 Å². The molecule has 0 saturated carbocycles. The van der Waals surface area contributed by atoms with Gasteiger partial charge in [0.1, 0.15) is 6.54 Å². The van der Waals surface area contributed by atoms with E-state index in [4.69, 9.17) is 9.47 Å². The third kappa shape index (κ3) is 4.93. The van der Waals surface area contributed by atoms with Crippen LogP contribution in [0.3, 0.4) is 0 Å². The number of likely N-dealkylation sites (tertiary alicyclic amines) is 1. The molecule has 0 radical (unpaired) electrons. The molecular weight excluding hydrogens is 396 g/mol. The molecule has 2 aliphatic rings. The number of ether oxygens (including phenoxy) is 2. The van der Waals surface area contributed by atoms with Crippen LogP contribution in [0.1, 0.15) is 36.4 Å². The van der Waals surface area contributed by atoms with Crippen molar-refractivity contribution in [1.29, 1.82) is 0 Å². The highest BCUT2D eigenvalue weighted by Crippen LogP contribution is 2.37. The second-order valence-corrected chi connectivity index (χ2v) is 9.04. The number of carbonyl (C=O) groups is 1. The summed E-state index contributed by atoms with van der Waals surface area (Å²) in [6.45, 7) is 3.55. The third-order valence-corrected chi connectivity index (χ3v) is 6.59. The van der Waals surface area contributed by atoms with Gasteiger partial charge < -0.3 is 19.3 Å². The number of thioether (sulfide) groups is 1. The monoisotopic (exact) mass is 427 g/mol. The Balaban J connectivity index is 1.40. The zero-order chi connectivity index (χ0) is 20.9. The molecule has 0 bridgehead atoms. The van der Waals surface area contributed by atoms with Gasteiger partial charge in [0.15, 0.2) is 18.0 Å². The van der Waals surface area contributed by atoms with Gasteiger partial charge in [-0.3, -0.25) is 4.79 Å². The summed E-state index contributed by atoms with van der Waals surface area (Å²) in [7, 11) is 2.10. The van der Waals surface area contributed by atoms with Crippen molar-refractivity contribution in [2.45, 2.75) is 36.7 Å². The third-order valence-electron chi connectivity index (χ3n) is 5.85. The molecule has 2 heterocycles. The summed E-state index contributed by atoms with van der Waals surface area (Å²) in [4.78, 5) is 17.7. The van der Waals surface area contributed by atoms with E-state index in [2.05, 4.69) is 54.6 Å². The van der Waals surface area contributed by atoms with Gasteiger partial charge in [-0.15, -0.1) is 11.8 Å². The Morgan fingerprint density at radius 1 is 1.10 bits per heavy atom. The second kappa shape index (κ2) is 9.75. The van der Waals surface area contributed by atoms with E-state index in [0.29, 0.717) is 19.8 Å². The predicted octanol–water partition coefficient (Wildman–Crippen LogP) is 2.95. The Bertz CT molecular complexity index is 871. The Morgan fingerprint density at radius 3 is 2.63 bits per heavy atom. The Labute approximate surface area is 183 Å².